The average Bonchev–Trinajstić information content (AvgIpc) is 3.00. The van der Waals surface area contributed by atoms with E-state index in [2.05, 4.69) is 4.72 Å². The fourth-order valence-corrected chi connectivity index (χ4v) is 4.24. The molecule has 0 atom stereocenters. The molecule has 2 heterocycles. The third-order valence-corrected chi connectivity index (χ3v) is 6.00. The Morgan fingerprint density at radius 3 is 3.00 bits per heavy atom. The Balaban J connectivity index is 1.73. The third kappa shape index (κ3) is 2.87. The van der Waals surface area contributed by atoms with E-state index in [4.69, 9.17) is 4.74 Å². The van der Waals surface area contributed by atoms with Gasteiger partial charge in [-0.15, -0.1) is 11.3 Å². The first-order chi connectivity index (χ1) is 9.65. The second-order valence-electron chi connectivity index (χ2n) is 4.65. The van der Waals surface area contributed by atoms with Crippen molar-refractivity contribution in [2.75, 3.05) is 6.61 Å². The number of hydrogen-bond acceptors (Lipinski definition) is 4. The molecule has 0 saturated carbocycles. The third-order valence-electron chi connectivity index (χ3n) is 3.20. The van der Waals surface area contributed by atoms with Crippen molar-refractivity contribution in [1.29, 1.82) is 0 Å². The molecular formula is C14H15NO3S2. The number of ether oxygens (including phenoxy) is 1. The molecule has 106 valence electrons. The van der Waals surface area contributed by atoms with E-state index in [-0.39, 0.29) is 0 Å². The molecule has 1 aromatic heterocycles. The minimum Gasteiger partial charge on any atom is -0.493 e. The molecule has 1 aliphatic rings. The van der Waals surface area contributed by atoms with E-state index in [0.29, 0.717) is 10.8 Å². The molecule has 0 spiro atoms. The number of fused-ring (bicyclic) bond motifs is 1. The van der Waals surface area contributed by atoms with Crippen LogP contribution in [0.2, 0.25) is 0 Å². The zero-order chi connectivity index (χ0) is 14.0. The molecule has 0 saturated heterocycles. The average molecular weight is 309 g/mol. The number of aryl methyl sites for hydroxylation is 1. The van der Waals surface area contributed by atoms with Crippen LogP contribution in [0.3, 0.4) is 0 Å². The zero-order valence-corrected chi connectivity index (χ0v) is 12.5. The van der Waals surface area contributed by atoms with E-state index in [1.165, 1.54) is 11.3 Å². The van der Waals surface area contributed by atoms with Crippen LogP contribution in [-0.2, 0) is 23.0 Å². The maximum atomic E-state index is 12.0. The lowest BCUT2D eigenvalue weighted by atomic mass is 10.0. The van der Waals surface area contributed by atoms with Crippen LogP contribution in [0.15, 0.2) is 39.9 Å². The molecule has 0 unspecified atom stereocenters. The molecule has 0 bridgehead atoms. The number of benzene rings is 1. The highest BCUT2D eigenvalue weighted by Crippen LogP contribution is 2.25. The zero-order valence-electron chi connectivity index (χ0n) is 10.8. The lowest BCUT2D eigenvalue weighted by Crippen LogP contribution is -2.22. The van der Waals surface area contributed by atoms with Crippen LogP contribution in [-0.4, -0.2) is 15.0 Å². The van der Waals surface area contributed by atoms with Gasteiger partial charge in [0.15, 0.2) is 0 Å². The first-order valence-corrected chi connectivity index (χ1v) is 8.79. The first-order valence-electron chi connectivity index (χ1n) is 6.43. The van der Waals surface area contributed by atoms with Gasteiger partial charge in [-0.1, -0.05) is 18.2 Å². The summed E-state index contributed by atoms with van der Waals surface area (Å²) in [7, 11) is -3.40. The second kappa shape index (κ2) is 5.55. The highest BCUT2D eigenvalue weighted by atomic mass is 32.2. The molecule has 20 heavy (non-hydrogen) atoms. The lowest BCUT2D eigenvalue weighted by Gasteiger charge is -2.17. The van der Waals surface area contributed by atoms with E-state index in [1.54, 1.807) is 17.5 Å². The Labute approximate surface area is 122 Å². The highest BCUT2D eigenvalue weighted by Gasteiger charge is 2.15. The van der Waals surface area contributed by atoms with Gasteiger partial charge in [0.25, 0.3) is 0 Å². The van der Waals surface area contributed by atoms with Crippen LogP contribution in [0.5, 0.6) is 5.75 Å². The van der Waals surface area contributed by atoms with Crippen molar-refractivity contribution < 1.29 is 13.2 Å². The van der Waals surface area contributed by atoms with Crippen LogP contribution >= 0.6 is 11.3 Å². The highest BCUT2D eigenvalue weighted by molar-refractivity contribution is 7.91. The first kappa shape index (κ1) is 13.6. The standard InChI is InChI=1S/C14H15NO3S2/c16-20(17,14-4-2-8-19-14)15-10-11-5-6-13-12(9-11)3-1-7-18-13/h2,4-6,8-9,15H,1,3,7,10H2. The van der Waals surface area contributed by atoms with Gasteiger partial charge in [0.1, 0.15) is 9.96 Å². The van der Waals surface area contributed by atoms with Gasteiger partial charge in [-0.25, -0.2) is 13.1 Å². The van der Waals surface area contributed by atoms with Crippen LogP contribution in [0.4, 0.5) is 0 Å². The monoisotopic (exact) mass is 309 g/mol. The van der Waals surface area contributed by atoms with Gasteiger partial charge in [-0.05, 0) is 41.5 Å². The Bertz CT molecular complexity index is 693. The van der Waals surface area contributed by atoms with E-state index in [0.717, 1.165) is 36.3 Å². The summed E-state index contributed by atoms with van der Waals surface area (Å²) in [6.07, 6.45) is 2.00. The van der Waals surface area contributed by atoms with Crippen LogP contribution < -0.4 is 9.46 Å². The second-order valence-corrected chi connectivity index (χ2v) is 7.59. The normalized spacial score (nSPS) is 14.6. The predicted octanol–water partition coefficient (Wildman–Crippen LogP) is 2.55. The summed E-state index contributed by atoms with van der Waals surface area (Å²) in [5, 5.41) is 1.75. The summed E-state index contributed by atoms with van der Waals surface area (Å²) in [5.41, 5.74) is 2.11. The van der Waals surface area contributed by atoms with E-state index in [9.17, 15) is 8.42 Å². The molecular weight excluding hydrogens is 294 g/mol. The number of rotatable bonds is 4. The molecule has 6 heteroatoms. The molecule has 3 rings (SSSR count). The van der Waals surface area contributed by atoms with Crippen molar-refractivity contribution in [2.45, 2.75) is 23.6 Å². The fraction of sp³-hybridized carbons (Fsp3) is 0.286. The van der Waals surface area contributed by atoms with E-state index < -0.39 is 10.0 Å². The largest absolute Gasteiger partial charge is 0.493 e. The lowest BCUT2D eigenvalue weighted by molar-refractivity contribution is 0.288. The Kier molecular flexibility index (Phi) is 3.78. The molecule has 4 nitrogen and oxygen atoms in total. The van der Waals surface area contributed by atoms with Crippen molar-refractivity contribution >= 4 is 21.4 Å². The number of hydrogen-bond donors (Lipinski definition) is 1. The number of nitrogens with one attached hydrogen (secondary N) is 1. The minimum absolute atomic E-state index is 0.299. The van der Waals surface area contributed by atoms with Crippen molar-refractivity contribution in [3.05, 3.63) is 46.8 Å². The van der Waals surface area contributed by atoms with Crippen molar-refractivity contribution in [3.8, 4) is 5.75 Å². The summed E-state index contributed by atoms with van der Waals surface area (Å²) in [4.78, 5) is 0. The molecule has 0 aliphatic carbocycles. The molecule has 2 aromatic rings. The van der Waals surface area contributed by atoms with Gasteiger partial charge >= 0.3 is 0 Å². The summed E-state index contributed by atoms with van der Waals surface area (Å²) in [6.45, 7) is 1.06. The SMILES string of the molecule is O=S(=O)(NCc1ccc2c(c1)CCCO2)c1cccs1. The smallest absolute Gasteiger partial charge is 0.250 e. The summed E-state index contributed by atoms with van der Waals surface area (Å²) in [6, 6.07) is 9.18. The van der Waals surface area contributed by atoms with Crippen molar-refractivity contribution in [2.24, 2.45) is 0 Å². The maximum absolute atomic E-state index is 12.0. The summed E-state index contributed by atoms with van der Waals surface area (Å²) >= 11 is 1.22. The fourth-order valence-electron chi connectivity index (χ4n) is 2.19. The Morgan fingerprint density at radius 2 is 2.20 bits per heavy atom. The maximum Gasteiger partial charge on any atom is 0.250 e. The Morgan fingerprint density at radius 1 is 1.30 bits per heavy atom. The molecule has 1 aromatic carbocycles. The number of thiophene rings is 1. The Hall–Kier alpha value is -1.37. The molecule has 1 N–H and O–H groups in total. The van der Waals surface area contributed by atoms with Crippen LogP contribution in [0.1, 0.15) is 17.5 Å². The van der Waals surface area contributed by atoms with Crippen LogP contribution in [0, 0.1) is 0 Å². The van der Waals surface area contributed by atoms with Crippen LogP contribution in [0.25, 0.3) is 0 Å². The molecule has 0 radical (unpaired) electrons. The summed E-state index contributed by atoms with van der Waals surface area (Å²) < 4.78 is 32.6. The summed E-state index contributed by atoms with van der Waals surface area (Å²) in [5.74, 6) is 0.918. The predicted molar refractivity (Wildman–Crippen MR) is 78.6 cm³/mol. The van der Waals surface area contributed by atoms with Gasteiger partial charge in [0.05, 0.1) is 6.61 Å². The van der Waals surface area contributed by atoms with Crippen molar-refractivity contribution in [1.82, 2.24) is 4.72 Å². The molecule has 1 aliphatic heterocycles. The molecule has 0 amide bonds. The van der Waals surface area contributed by atoms with E-state index >= 15 is 0 Å². The minimum atomic E-state index is -3.40. The van der Waals surface area contributed by atoms with Gasteiger partial charge < -0.3 is 4.74 Å². The van der Waals surface area contributed by atoms with Gasteiger partial charge in [0, 0.05) is 6.54 Å². The number of sulfonamides is 1. The van der Waals surface area contributed by atoms with Crippen molar-refractivity contribution in [3.63, 3.8) is 0 Å². The van der Waals surface area contributed by atoms with Gasteiger partial charge in [0.2, 0.25) is 10.0 Å². The van der Waals surface area contributed by atoms with E-state index in [1.807, 2.05) is 18.2 Å². The quantitative estimate of drug-likeness (QED) is 0.944. The van der Waals surface area contributed by atoms with Gasteiger partial charge in [-0.2, -0.15) is 0 Å². The topological polar surface area (TPSA) is 55.4 Å². The molecule has 0 fully saturated rings. The van der Waals surface area contributed by atoms with Gasteiger partial charge in [-0.3, -0.25) is 0 Å².